The molecule has 22 heavy (non-hydrogen) atoms. The number of aliphatic hydroxyl groups is 1. The summed E-state index contributed by atoms with van der Waals surface area (Å²) in [7, 11) is 0. The van der Waals surface area contributed by atoms with Crippen LogP contribution in [0.1, 0.15) is 28.0 Å². The quantitative estimate of drug-likeness (QED) is 0.707. The number of aliphatic hydroxyl groups excluding tert-OH is 1. The molecule has 0 saturated carbocycles. The highest BCUT2D eigenvalue weighted by molar-refractivity contribution is 5.99. The highest BCUT2D eigenvalue weighted by Crippen LogP contribution is 2.18. The maximum Gasteiger partial charge on any atom is 0.179 e. The number of hydrogen-bond donors (Lipinski definition) is 2. The molecule has 3 rings (SSSR count). The zero-order valence-electron chi connectivity index (χ0n) is 12.0. The van der Waals surface area contributed by atoms with Crippen LogP contribution in [0.4, 0.5) is 4.39 Å². The molecule has 0 atom stereocenters. The summed E-state index contributed by atoms with van der Waals surface area (Å²) in [4.78, 5) is 15.3. The van der Waals surface area contributed by atoms with Gasteiger partial charge in [0.05, 0.1) is 12.3 Å². The number of halogens is 1. The summed E-state index contributed by atoms with van der Waals surface area (Å²) in [6, 6.07) is 13.6. The number of H-pyrrole nitrogens is 1. The molecule has 0 aliphatic carbocycles. The van der Waals surface area contributed by atoms with Gasteiger partial charge in [-0.25, -0.2) is 4.39 Å². The lowest BCUT2D eigenvalue weighted by molar-refractivity contribution is 0.0979. The van der Waals surface area contributed by atoms with E-state index in [9.17, 15) is 9.18 Å². The van der Waals surface area contributed by atoms with Gasteiger partial charge in [0.2, 0.25) is 0 Å². The number of aromatic amines is 1. The van der Waals surface area contributed by atoms with Crippen molar-refractivity contribution < 1.29 is 14.3 Å². The van der Waals surface area contributed by atoms with Crippen LogP contribution >= 0.6 is 0 Å². The monoisotopic (exact) mass is 297 g/mol. The van der Waals surface area contributed by atoms with Crippen molar-refractivity contribution in [3.05, 3.63) is 71.2 Å². The van der Waals surface area contributed by atoms with Crippen molar-refractivity contribution in [2.75, 3.05) is 0 Å². The van der Waals surface area contributed by atoms with Gasteiger partial charge in [-0.05, 0) is 41.8 Å². The van der Waals surface area contributed by atoms with Crippen molar-refractivity contribution in [1.29, 1.82) is 0 Å². The molecule has 2 N–H and O–H groups in total. The maximum absolute atomic E-state index is 13.2. The van der Waals surface area contributed by atoms with Gasteiger partial charge >= 0.3 is 0 Å². The van der Waals surface area contributed by atoms with Crippen molar-refractivity contribution in [2.45, 2.75) is 19.4 Å². The standard InChI is InChI=1S/C18H16FNO2/c19-15-6-7-16-14(9-15)10-17(20-16)18(22)8-5-12-1-3-13(11-21)4-2-12/h1-4,6-7,9-10,20-21H,5,8,11H2. The second-order valence-corrected chi connectivity index (χ2v) is 5.31. The predicted octanol–water partition coefficient (Wildman–Crippen LogP) is 3.61. The Morgan fingerprint density at radius 2 is 1.77 bits per heavy atom. The van der Waals surface area contributed by atoms with E-state index in [4.69, 9.17) is 5.11 Å². The molecule has 0 aliphatic heterocycles. The summed E-state index contributed by atoms with van der Waals surface area (Å²) >= 11 is 0. The van der Waals surface area contributed by atoms with E-state index in [-0.39, 0.29) is 18.2 Å². The van der Waals surface area contributed by atoms with Crippen molar-refractivity contribution in [3.8, 4) is 0 Å². The SMILES string of the molecule is O=C(CCc1ccc(CO)cc1)c1cc2cc(F)ccc2[nH]1. The molecule has 2 aromatic carbocycles. The number of benzene rings is 2. The second-order valence-electron chi connectivity index (χ2n) is 5.31. The second kappa shape index (κ2) is 6.12. The first-order valence-corrected chi connectivity index (χ1v) is 7.16. The Bertz CT molecular complexity index is 806. The third kappa shape index (κ3) is 3.07. The van der Waals surface area contributed by atoms with E-state index in [0.29, 0.717) is 23.9 Å². The number of ketones is 1. The highest BCUT2D eigenvalue weighted by Gasteiger charge is 2.10. The Labute approximate surface area is 127 Å². The van der Waals surface area contributed by atoms with Crippen LogP contribution in [0.25, 0.3) is 10.9 Å². The van der Waals surface area contributed by atoms with Crippen molar-refractivity contribution in [2.24, 2.45) is 0 Å². The van der Waals surface area contributed by atoms with Gasteiger partial charge in [0.25, 0.3) is 0 Å². The normalized spacial score (nSPS) is 11.0. The number of aromatic nitrogens is 1. The molecular formula is C18H16FNO2. The van der Waals surface area contributed by atoms with E-state index in [0.717, 1.165) is 16.6 Å². The molecule has 0 fully saturated rings. The first kappa shape index (κ1) is 14.5. The number of carbonyl (C=O) groups excluding carboxylic acids is 1. The third-order valence-electron chi connectivity index (χ3n) is 3.73. The molecule has 0 aliphatic rings. The average Bonchev–Trinajstić information content (AvgIpc) is 2.96. The third-order valence-corrected chi connectivity index (χ3v) is 3.73. The number of carbonyl (C=O) groups is 1. The van der Waals surface area contributed by atoms with Crippen LogP contribution in [-0.2, 0) is 13.0 Å². The highest BCUT2D eigenvalue weighted by atomic mass is 19.1. The van der Waals surface area contributed by atoms with Crippen molar-refractivity contribution in [3.63, 3.8) is 0 Å². The fraction of sp³-hybridized carbons (Fsp3) is 0.167. The molecule has 0 saturated heterocycles. The van der Waals surface area contributed by atoms with Crippen LogP contribution in [0, 0.1) is 5.82 Å². The summed E-state index contributed by atoms with van der Waals surface area (Å²) in [5.41, 5.74) is 3.17. The summed E-state index contributed by atoms with van der Waals surface area (Å²) in [6.07, 6.45) is 1.02. The van der Waals surface area contributed by atoms with Crippen LogP contribution in [0.15, 0.2) is 48.5 Å². The van der Waals surface area contributed by atoms with E-state index in [1.165, 1.54) is 12.1 Å². The maximum atomic E-state index is 13.2. The lowest BCUT2D eigenvalue weighted by atomic mass is 10.0. The first-order chi connectivity index (χ1) is 10.7. The summed E-state index contributed by atoms with van der Waals surface area (Å²) in [6.45, 7) is 0.0187. The molecule has 3 aromatic rings. The van der Waals surface area contributed by atoms with Crippen molar-refractivity contribution >= 4 is 16.7 Å². The van der Waals surface area contributed by atoms with Crippen molar-refractivity contribution in [1.82, 2.24) is 4.98 Å². The zero-order valence-corrected chi connectivity index (χ0v) is 12.0. The van der Waals surface area contributed by atoms with Gasteiger partial charge in [-0.15, -0.1) is 0 Å². The largest absolute Gasteiger partial charge is 0.392 e. The molecule has 4 heteroatoms. The van der Waals surface area contributed by atoms with E-state index in [1.54, 1.807) is 12.1 Å². The molecular weight excluding hydrogens is 281 g/mol. The number of nitrogens with one attached hydrogen (secondary N) is 1. The number of aryl methyl sites for hydroxylation is 1. The van der Waals surface area contributed by atoms with Crippen LogP contribution in [0.5, 0.6) is 0 Å². The minimum atomic E-state index is -0.311. The van der Waals surface area contributed by atoms with E-state index < -0.39 is 0 Å². The van der Waals surface area contributed by atoms with Gasteiger partial charge in [0.1, 0.15) is 5.82 Å². The fourth-order valence-corrected chi connectivity index (χ4v) is 2.46. The molecule has 1 heterocycles. The lowest BCUT2D eigenvalue weighted by Crippen LogP contribution is -2.01. The smallest absolute Gasteiger partial charge is 0.179 e. The summed E-state index contributed by atoms with van der Waals surface area (Å²) in [5.74, 6) is -0.308. The Balaban J connectivity index is 1.69. The Kier molecular flexibility index (Phi) is 4.02. The first-order valence-electron chi connectivity index (χ1n) is 7.16. The lowest BCUT2D eigenvalue weighted by Gasteiger charge is -2.02. The minimum Gasteiger partial charge on any atom is -0.392 e. The van der Waals surface area contributed by atoms with Gasteiger partial charge in [-0.3, -0.25) is 4.79 Å². The molecule has 0 bridgehead atoms. The van der Waals surface area contributed by atoms with Gasteiger partial charge < -0.3 is 10.1 Å². The zero-order chi connectivity index (χ0) is 15.5. The predicted molar refractivity (Wildman–Crippen MR) is 83.3 cm³/mol. The average molecular weight is 297 g/mol. The molecule has 0 spiro atoms. The number of Topliss-reactive ketones (excluding diaryl/α,β-unsaturated/α-hetero) is 1. The molecule has 0 amide bonds. The molecule has 3 nitrogen and oxygen atoms in total. The van der Waals surface area contributed by atoms with Gasteiger partial charge in [-0.2, -0.15) is 0 Å². The van der Waals surface area contributed by atoms with Crippen LogP contribution in [0.2, 0.25) is 0 Å². The molecule has 0 unspecified atom stereocenters. The van der Waals surface area contributed by atoms with E-state index >= 15 is 0 Å². The van der Waals surface area contributed by atoms with Crippen LogP contribution in [-0.4, -0.2) is 15.9 Å². The van der Waals surface area contributed by atoms with Crippen LogP contribution in [0.3, 0.4) is 0 Å². The minimum absolute atomic E-state index is 0.00263. The van der Waals surface area contributed by atoms with Gasteiger partial charge in [0.15, 0.2) is 5.78 Å². The van der Waals surface area contributed by atoms with Gasteiger partial charge in [0, 0.05) is 17.3 Å². The van der Waals surface area contributed by atoms with E-state index in [1.807, 2.05) is 24.3 Å². The molecule has 112 valence electrons. The number of rotatable bonds is 5. The molecule has 1 aromatic heterocycles. The van der Waals surface area contributed by atoms with Gasteiger partial charge in [-0.1, -0.05) is 24.3 Å². The Morgan fingerprint density at radius 3 is 2.50 bits per heavy atom. The number of fused-ring (bicyclic) bond motifs is 1. The topological polar surface area (TPSA) is 53.1 Å². The summed E-state index contributed by atoms with van der Waals surface area (Å²) in [5, 5.41) is 9.70. The summed E-state index contributed by atoms with van der Waals surface area (Å²) < 4.78 is 13.2. The number of hydrogen-bond acceptors (Lipinski definition) is 2. The van der Waals surface area contributed by atoms with E-state index in [2.05, 4.69) is 4.98 Å². The Hall–Kier alpha value is -2.46. The Morgan fingerprint density at radius 1 is 1.05 bits per heavy atom. The van der Waals surface area contributed by atoms with Crippen LogP contribution < -0.4 is 0 Å². The molecule has 0 radical (unpaired) electrons. The fourth-order valence-electron chi connectivity index (χ4n) is 2.46.